The van der Waals surface area contributed by atoms with Crippen LogP contribution in [0.3, 0.4) is 0 Å². The summed E-state index contributed by atoms with van der Waals surface area (Å²) in [5.74, 6) is 0.952. The van der Waals surface area contributed by atoms with Crippen LogP contribution >= 0.6 is 11.6 Å². The van der Waals surface area contributed by atoms with Crippen molar-refractivity contribution in [2.24, 2.45) is 0 Å². The van der Waals surface area contributed by atoms with E-state index in [0.29, 0.717) is 0 Å². The Kier molecular flexibility index (Phi) is 8.54. The number of benzene rings is 2. The number of rotatable bonds is 11. The van der Waals surface area contributed by atoms with Crippen molar-refractivity contribution in [1.29, 1.82) is 0 Å². The van der Waals surface area contributed by atoms with Gasteiger partial charge in [0.2, 0.25) is 0 Å². The third-order valence-electron chi connectivity index (χ3n) is 4.03. The monoisotopic (exact) mass is 345 g/mol. The average molecular weight is 346 g/mol. The van der Waals surface area contributed by atoms with Gasteiger partial charge in [-0.15, -0.1) is 0 Å². The van der Waals surface area contributed by atoms with Crippen molar-refractivity contribution in [3.8, 4) is 5.75 Å². The molecule has 0 radical (unpaired) electrons. The molecule has 130 valence electrons. The largest absolute Gasteiger partial charge is 0.494 e. The molecule has 0 spiro atoms. The molecule has 0 amide bonds. The Bertz CT molecular complexity index is 583. The summed E-state index contributed by atoms with van der Waals surface area (Å²) in [6, 6.07) is 16.3. The minimum atomic E-state index is 0.810. The summed E-state index contributed by atoms with van der Waals surface area (Å²) in [5, 5.41) is 4.31. The van der Waals surface area contributed by atoms with Gasteiger partial charge in [-0.1, -0.05) is 56.0 Å². The molecule has 0 atom stereocenters. The second-order valence-corrected chi connectivity index (χ2v) is 6.46. The average Bonchev–Trinajstić information content (AvgIpc) is 2.61. The number of nitrogens with one attached hydrogen (secondary N) is 1. The molecule has 1 N–H and O–H groups in total. The Morgan fingerprint density at radius 2 is 1.71 bits per heavy atom. The Labute approximate surface area is 151 Å². The van der Waals surface area contributed by atoms with Crippen LogP contribution in [-0.2, 0) is 6.42 Å². The second-order valence-electron chi connectivity index (χ2n) is 6.06. The Balaban J connectivity index is 1.64. The molecule has 0 aliphatic carbocycles. The van der Waals surface area contributed by atoms with Crippen LogP contribution in [0.5, 0.6) is 5.75 Å². The van der Waals surface area contributed by atoms with E-state index in [4.69, 9.17) is 16.3 Å². The summed E-state index contributed by atoms with van der Waals surface area (Å²) in [6.07, 6.45) is 6.99. The van der Waals surface area contributed by atoms with Gasteiger partial charge in [-0.05, 0) is 55.2 Å². The molecule has 0 aliphatic heterocycles. The van der Waals surface area contributed by atoms with Crippen molar-refractivity contribution in [3.05, 3.63) is 59.1 Å². The lowest BCUT2D eigenvalue weighted by molar-refractivity contribution is 0.305. The van der Waals surface area contributed by atoms with E-state index < -0.39 is 0 Å². The van der Waals surface area contributed by atoms with Crippen LogP contribution in [0.4, 0.5) is 5.69 Å². The minimum absolute atomic E-state index is 0.810. The Hall–Kier alpha value is -1.67. The molecule has 0 aliphatic rings. The highest BCUT2D eigenvalue weighted by Crippen LogP contribution is 2.18. The van der Waals surface area contributed by atoms with E-state index in [1.54, 1.807) is 0 Å². The van der Waals surface area contributed by atoms with Crippen molar-refractivity contribution in [2.75, 3.05) is 18.5 Å². The second kappa shape index (κ2) is 11.0. The third kappa shape index (κ3) is 6.84. The molecule has 0 bridgehead atoms. The molecule has 2 aromatic rings. The zero-order valence-electron chi connectivity index (χ0n) is 14.6. The topological polar surface area (TPSA) is 21.3 Å². The summed E-state index contributed by atoms with van der Waals surface area (Å²) < 4.78 is 5.76. The van der Waals surface area contributed by atoms with E-state index >= 15 is 0 Å². The number of halogens is 1. The van der Waals surface area contributed by atoms with Crippen LogP contribution < -0.4 is 10.1 Å². The number of hydrogen-bond acceptors (Lipinski definition) is 2. The minimum Gasteiger partial charge on any atom is -0.494 e. The van der Waals surface area contributed by atoms with E-state index in [9.17, 15) is 0 Å². The molecule has 0 aromatic heterocycles. The molecule has 0 saturated heterocycles. The molecule has 0 heterocycles. The van der Waals surface area contributed by atoms with Crippen molar-refractivity contribution in [3.63, 3.8) is 0 Å². The molecule has 0 unspecified atom stereocenters. The van der Waals surface area contributed by atoms with Crippen LogP contribution in [-0.4, -0.2) is 13.2 Å². The van der Waals surface area contributed by atoms with Gasteiger partial charge in [-0.25, -0.2) is 0 Å². The first-order chi connectivity index (χ1) is 11.8. The first-order valence-corrected chi connectivity index (χ1v) is 9.37. The molecule has 2 rings (SSSR count). The fraction of sp³-hybridized carbons (Fsp3) is 0.429. The van der Waals surface area contributed by atoms with E-state index in [1.165, 1.54) is 24.8 Å². The zero-order chi connectivity index (χ0) is 17.0. The first kappa shape index (κ1) is 18.7. The first-order valence-electron chi connectivity index (χ1n) is 8.99. The van der Waals surface area contributed by atoms with Crippen molar-refractivity contribution in [1.82, 2.24) is 0 Å². The van der Waals surface area contributed by atoms with Gasteiger partial charge in [0.1, 0.15) is 5.75 Å². The SMILES string of the molecule is CCCCCCOc1ccc(NCCCc2ccccc2Cl)cc1. The van der Waals surface area contributed by atoms with Crippen molar-refractivity contribution >= 4 is 17.3 Å². The molecule has 0 saturated carbocycles. The van der Waals surface area contributed by atoms with E-state index in [0.717, 1.165) is 48.9 Å². The highest BCUT2D eigenvalue weighted by atomic mass is 35.5. The summed E-state index contributed by atoms with van der Waals surface area (Å²) >= 11 is 6.17. The van der Waals surface area contributed by atoms with Crippen LogP contribution in [0.1, 0.15) is 44.6 Å². The summed E-state index contributed by atoms with van der Waals surface area (Å²) in [6.45, 7) is 3.97. The summed E-state index contributed by atoms with van der Waals surface area (Å²) in [5.41, 5.74) is 2.35. The van der Waals surface area contributed by atoms with E-state index in [1.807, 2.05) is 30.3 Å². The molecular formula is C21H28ClNO. The lowest BCUT2D eigenvalue weighted by Crippen LogP contribution is -2.03. The van der Waals surface area contributed by atoms with Gasteiger partial charge in [-0.3, -0.25) is 0 Å². The van der Waals surface area contributed by atoms with Crippen molar-refractivity contribution in [2.45, 2.75) is 45.4 Å². The molecule has 3 heteroatoms. The van der Waals surface area contributed by atoms with Gasteiger partial charge < -0.3 is 10.1 Å². The lowest BCUT2D eigenvalue weighted by Gasteiger charge is -2.09. The Morgan fingerprint density at radius 3 is 2.46 bits per heavy atom. The fourth-order valence-electron chi connectivity index (χ4n) is 2.60. The van der Waals surface area contributed by atoms with Gasteiger partial charge in [0, 0.05) is 17.3 Å². The summed E-state index contributed by atoms with van der Waals surface area (Å²) in [4.78, 5) is 0. The maximum Gasteiger partial charge on any atom is 0.119 e. The predicted octanol–water partition coefficient (Wildman–Crippen LogP) is 6.34. The van der Waals surface area contributed by atoms with Crippen LogP contribution in [0.2, 0.25) is 5.02 Å². The predicted molar refractivity (Wildman–Crippen MR) is 104 cm³/mol. The van der Waals surface area contributed by atoms with Crippen LogP contribution in [0.15, 0.2) is 48.5 Å². The van der Waals surface area contributed by atoms with Gasteiger partial charge in [-0.2, -0.15) is 0 Å². The number of hydrogen-bond donors (Lipinski definition) is 1. The van der Waals surface area contributed by atoms with Crippen molar-refractivity contribution < 1.29 is 4.74 Å². The summed E-state index contributed by atoms with van der Waals surface area (Å²) in [7, 11) is 0. The maximum absolute atomic E-state index is 6.17. The highest BCUT2D eigenvalue weighted by molar-refractivity contribution is 6.31. The highest BCUT2D eigenvalue weighted by Gasteiger charge is 1.99. The lowest BCUT2D eigenvalue weighted by atomic mass is 10.1. The normalized spacial score (nSPS) is 10.6. The van der Waals surface area contributed by atoms with Gasteiger partial charge >= 0.3 is 0 Å². The zero-order valence-corrected chi connectivity index (χ0v) is 15.3. The standard InChI is InChI=1S/C21H28ClNO/c1-2-3-4-7-17-24-20-14-12-19(13-15-20)23-16-8-10-18-9-5-6-11-21(18)22/h5-6,9,11-15,23H,2-4,7-8,10,16-17H2,1H3. The number of anilines is 1. The molecule has 0 fully saturated rings. The Morgan fingerprint density at radius 1 is 0.917 bits per heavy atom. The fourth-order valence-corrected chi connectivity index (χ4v) is 2.83. The quantitative estimate of drug-likeness (QED) is 0.479. The molecular weight excluding hydrogens is 318 g/mol. The van der Waals surface area contributed by atoms with Crippen LogP contribution in [0.25, 0.3) is 0 Å². The number of unbranched alkanes of at least 4 members (excludes halogenated alkanes) is 3. The molecule has 24 heavy (non-hydrogen) atoms. The smallest absolute Gasteiger partial charge is 0.119 e. The maximum atomic E-state index is 6.17. The van der Waals surface area contributed by atoms with Gasteiger partial charge in [0.25, 0.3) is 0 Å². The van der Waals surface area contributed by atoms with Gasteiger partial charge in [0.05, 0.1) is 6.61 Å². The van der Waals surface area contributed by atoms with Gasteiger partial charge in [0.15, 0.2) is 0 Å². The van der Waals surface area contributed by atoms with E-state index in [2.05, 4.69) is 30.4 Å². The molecule has 2 nitrogen and oxygen atoms in total. The third-order valence-corrected chi connectivity index (χ3v) is 4.40. The van der Waals surface area contributed by atoms with E-state index in [-0.39, 0.29) is 0 Å². The number of aryl methyl sites for hydroxylation is 1. The van der Waals surface area contributed by atoms with Crippen LogP contribution in [0, 0.1) is 0 Å². The molecule has 2 aromatic carbocycles. The number of ether oxygens (including phenoxy) is 1.